The van der Waals surface area contributed by atoms with Gasteiger partial charge in [-0.15, -0.1) is 15.3 Å². The standard InChI is InChI=1S/C19H17ClN6OS/c1-11-6-4-9-16(12(11)2)26-19(23-24-25-26)28-13(3)17-21-22-18(27-17)14-7-5-8-15(20)10-14/h4-10,13H,1-3H3/t13-/m1/s1. The molecule has 0 spiro atoms. The fourth-order valence-corrected chi connectivity index (χ4v) is 3.74. The van der Waals surface area contributed by atoms with Crippen LogP contribution in [0.4, 0.5) is 0 Å². The number of benzene rings is 2. The van der Waals surface area contributed by atoms with Crippen LogP contribution >= 0.6 is 23.4 Å². The van der Waals surface area contributed by atoms with Crippen LogP contribution in [0.1, 0.15) is 29.2 Å². The lowest BCUT2D eigenvalue weighted by atomic mass is 10.1. The van der Waals surface area contributed by atoms with E-state index in [1.54, 1.807) is 16.8 Å². The fraction of sp³-hybridized carbons (Fsp3) is 0.211. The topological polar surface area (TPSA) is 82.5 Å². The van der Waals surface area contributed by atoms with Crippen molar-refractivity contribution in [2.24, 2.45) is 0 Å². The van der Waals surface area contributed by atoms with Gasteiger partial charge >= 0.3 is 0 Å². The number of nitrogens with zero attached hydrogens (tertiary/aromatic N) is 6. The molecule has 9 heteroatoms. The van der Waals surface area contributed by atoms with Crippen LogP contribution in [0.3, 0.4) is 0 Å². The molecule has 2 aromatic heterocycles. The Morgan fingerprint density at radius 2 is 1.89 bits per heavy atom. The van der Waals surface area contributed by atoms with Gasteiger partial charge in [-0.25, -0.2) is 0 Å². The molecule has 2 heterocycles. The molecule has 142 valence electrons. The smallest absolute Gasteiger partial charge is 0.247 e. The SMILES string of the molecule is Cc1cccc(-n2nnnc2S[C@H](C)c2nnc(-c3cccc(Cl)c3)o2)c1C. The van der Waals surface area contributed by atoms with Crippen molar-refractivity contribution >= 4 is 23.4 Å². The fourth-order valence-electron chi connectivity index (χ4n) is 2.71. The quantitative estimate of drug-likeness (QED) is 0.434. The van der Waals surface area contributed by atoms with Gasteiger partial charge in [0.25, 0.3) is 0 Å². The highest BCUT2D eigenvalue weighted by Crippen LogP contribution is 2.35. The summed E-state index contributed by atoms with van der Waals surface area (Å²) in [7, 11) is 0. The second-order valence-corrected chi connectivity index (χ2v) is 8.05. The lowest BCUT2D eigenvalue weighted by Crippen LogP contribution is -2.03. The second kappa shape index (κ2) is 7.73. The third-order valence-electron chi connectivity index (χ3n) is 4.39. The molecule has 0 unspecified atom stereocenters. The lowest BCUT2D eigenvalue weighted by molar-refractivity contribution is 0.508. The minimum absolute atomic E-state index is 0.129. The molecular formula is C19H17ClN6OS. The van der Waals surface area contributed by atoms with E-state index < -0.39 is 0 Å². The Kier molecular flexibility index (Phi) is 5.15. The molecule has 0 saturated heterocycles. The first-order chi connectivity index (χ1) is 13.5. The molecule has 2 aromatic carbocycles. The Bertz CT molecular complexity index is 1130. The Morgan fingerprint density at radius 3 is 2.71 bits per heavy atom. The van der Waals surface area contributed by atoms with E-state index in [0.717, 1.165) is 16.8 Å². The maximum atomic E-state index is 6.04. The van der Waals surface area contributed by atoms with Gasteiger partial charge in [0, 0.05) is 10.6 Å². The average molecular weight is 413 g/mol. The summed E-state index contributed by atoms with van der Waals surface area (Å²) >= 11 is 7.50. The maximum absolute atomic E-state index is 6.04. The van der Waals surface area contributed by atoms with Crippen molar-refractivity contribution in [3.8, 4) is 17.1 Å². The van der Waals surface area contributed by atoms with Crippen LogP contribution in [0.5, 0.6) is 0 Å². The number of tetrazole rings is 1. The molecule has 0 bridgehead atoms. The van der Waals surface area contributed by atoms with Crippen LogP contribution in [-0.2, 0) is 0 Å². The molecule has 4 aromatic rings. The van der Waals surface area contributed by atoms with E-state index in [1.165, 1.54) is 17.3 Å². The molecule has 0 aliphatic heterocycles. The molecular weight excluding hydrogens is 396 g/mol. The normalized spacial score (nSPS) is 12.3. The summed E-state index contributed by atoms with van der Waals surface area (Å²) in [4.78, 5) is 0. The van der Waals surface area contributed by atoms with Crippen LogP contribution in [0.15, 0.2) is 52.0 Å². The number of hydrogen-bond acceptors (Lipinski definition) is 7. The van der Waals surface area contributed by atoms with Crippen molar-refractivity contribution in [1.29, 1.82) is 0 Å². The minimum Gasteiger partial charge on any atom is -0.419 e. The van der Waals surface area contributed by atoms with Crippen molar-refractivity contribution in [2.75, 3.05) is 0 Å². The van der Waals surface area contributed by atoms with Gasteiger partial charge in [-0.1, -0.05) is 41.6 Å². The van der Waals surface area contributed by atoms with Crippen LogP contribution in [0.2, 0.25) is 5.02 Å². The second-order valence-electron chi connectivity index (χ2n) is 6.31. The number of aromatic nitrogens is 6. The lowest BCUT2D eigenvalue weighted by Gasteiger charge is -2.10. The summed E-state index contributed by atoms with van der Waals surface area (Å²) in [5.74, 6) is 0.926. The first-order valence-corrected chi connectivity index (χ1v) is 9.89. The molecule has 0 aliphatic carbocycles. The van der Waals surface area contributed by atoms with E-state index in [1.807, 2.05) is 31.2 Å². The molecule has 0 radical (unpaired) electrons. The molecule has 0 aliphatic rings. The number of aryl methyl sites for hydroxylation is 1. The van der Waals surface area contributed by atoms with Crippen LogP contribution in [-0.4, -0.2) is 30.4 Å². The molecule has 1 atom stereocenters. The van der Waals surface area contributed by atoms with Gasteiger partial charge in [-0.05, 0) is 66.6 Å². The summed E-state index contributed by atoms with van der Waals surface area (Å²) in [6, 6.07) is 13.4. The van der Waals surface area contributed by atoms with E-state index in [4.69, 9.17) is 16.0 Å². The predicted octanol–water partition coefficient (Wildman–Crippen LogP) is 4.84. The third kappa shape index (κ3) is 3.65. The first-order valence-electron chi connectivity index (χ1n) is 8.64. The zero-order chi connectivity index (χ0) is 19.7. The van der Waals surface area contributed by atoms with E-state index in [-0.39, 0.29) is 5.25 Å². The molecule has 4 rings (SSSR count). The third-order valence-corrected chi connectivity index (χ3v) is 5.64. The average Bonchev–Trinajstić information content (AvgIpc) is 3.34. The summed E-state index contributed by atoms with van der Waals surface area (Å²) < 4.78 is 7.58. The summed E-state index contributed by atoms with van der Waals surface area (Å²) in [6.45, 7) is 6.09. The van der Waals surface area contributed by atoms with E-state index in [0.29, 0.717) is 22.0 Å². The van der Waals surface area contributed by atoms with Crippen molar-refractivity contribution in [2.45, 2.75) is 31.2 Å². The zero-order valence-corrected chi connectivity index (χ0v) is 17.1. The van der Waals surface area contributed by atoms with E-state index in [9.17, 15) is 0 Å². The van der Waals surface area contributed by atoms with Gasteiger partial charge in [0.1, 0.15) is 0 Å². The monoisotopic (exact) mass is 412 g/mol. The summed E-state index contributed by atoms with van der Waals surface area (Å²) in [5, 5.41) is 21.6. The Balaban J connectivity index is 1.58. The highest BCUT2D eigenvalue weighted by Gasteiger charge is 2.21. The highest BCUT2D eigenvalue weighted by atomic mass is 35.5. The van der Waals surface area contributed by atoms with Crippen molar-refractivity contribution in [1.82, 2.24) is 30.4 Å². The number of thioether (sulfide) groups is 1. The molecule has 7 nitrogen and oxygen atoms in total. The number of rotatable bonds is 5. The predicted molar refractivity (Wildman–Crippen MR) is 108 cm³/mol. The van der Waals surface area contributed by atoms with Crippen LogP contribution in [0.25, 0.3) is 17.1 Å². The van der Waals surface area contributed by atoms with Crippen molar-refractivity contribution in [3.05, 3.63) is 64.5 Å². The molecule has 0 amide bonds. The van der Waals surface area contributed by atoms with Gasteiger partial charge in [0.2, 0.25) is 16.9 Å². The largest absolute Gasteiger partial charge is 0.419 e. The van der Waals surface area contributed by atoms with Crippen molar-refractivity contribution in [3.63, 3.8) is 0 Å². The van der Waals surface area contributed by atoms with Gasteiger partial charge in [-0.3, -0.25) is 0 Å². The highest BCUT2D eigenvalue weighted by molar-refractivity contribution is 7.99. The summed E-state index contributed by atoms with van der Waals surface area (Å²) in [6.07, 6.45) is 0. The maximum Gasteiger partial charge on any atom is 0.247 e. The Hall–Kier alpha value is -2.71. The van der Waals surface area contributed by atoms with Gasteiger partial charge in [-0.2, -0.15) is 4.68 Å². The first kappa shape index (κ1) is 18.6. The van der Waals surface area contributed by atoms with Gasteiger partial charge in [0.05, 0.1) is 10.9 Å². The van der Waals surface area contributed by atoms with Gasteiger partial charge in [0.15, 0.2) is 0 Å². The molecule has 0 fully saturated rings. The van der Waals surface area contributed by atoms with Crippen LogP contribution < -0.4 is 0 Å². The zero-order valence-electron chi connectivity index (χ0n) is 15.5. The summed E-state index contributed by atoms with van der Waals surface area (Å²) in [5.41, 5.74) is 4.04. The van der Waals surface area contributed by atoms with E-state index in [2.05, 4.69) is 45.6 Å². The molecule has 0 saturated carbocycles. The number of halogens is 1. The van der Waals surface area contributed by atoms with Crippen LogP contribution in [0, 0.1) is 13.8 Å². The molecule has 0 N–H and O–H groups in total. The number of hydrogen-bond donors (Lipinski definition) is 0. The van der Waals surface area contributed by atoms with E-state index >= 15 is 0 Å². The van der Waals surface area contributed by atoms with Crippen molar-refractivity contribution < 1.29 is 4.42 Å². The molecule has 28 heavy (non-hydrogen) atoms. The minimum atomic E-state index is -0.129. The Labute approximate surface area is 171 Å². The Morgan fingerprint density at radius 1 is 1.07 bits per heavy atom. The van der Waals surface area contributed by atoms with Gasteiger partial charge < -0.3 is 4.42 Å².